The zero-order valence-corrected chi connectivity index (χ0v) is 13.9. The first kappa shape index (κ1) is 16.5. The molecule has 0 saturated heterocycles. The molecule has 3 aromatic rings. The van der Waals surface area contributed by atoms with Crippen molar-refractivity contribution in [3.63, 3.8) is 0 Å². The molecule has 3 heteroatoms. The third kappa shape index (κ3) is 3.58. The van der Waals surface area contributed by atoms with Crippen LogP contribution in [0.2, 0.25) is 0 Å². The van der Waals surface area contributed by atoms with Crippen molar-refractivity contribution in [1.82, 2.24) is 0 Å². The first-order valence-electron chi connectivity index (χ1n) is 7.76. The second-order valence-electron chi connectivity index (χ2n) is 5.52. The molecule has 0 aromatic heterocycles. The number of aliphatic hydroxyl groups is 1. The van der Waals surface area contributed by atoms with E-state index in [9.17, 15) is 9.90 Å². The molecule has 0 bridgehead atoms. The summed E-state index contributed by atoms with van der Waals surface area (Å²) in [6.45, 7) is 0. The highest BCUT2D eigenvalue weighted by Gasteiger charge is 2.38. The molecule has 1 atom stereocenters. The van der Waals surface area contributed by atoms with Crippen molar-refractivity contribution in [1.29, 1.82) is 0 Å². The number of thioether (sulfide) groups is 1. The van der Waals surface area contributed by atoms with Crippen molar-refractivity contribution in [3.8, 4) is 0 Å². The Morgan fingerprint density at radius 1 is 0.792 bits per heavy atom. The van der Waals surface area contributed by atoms with E-state index in [1.165, 1.54) is 11.8 Å². The van der Waals surface area contributed by atoms with E-state index in [1.807, 2.05) is 66.7 Å². The van der Waals surface area contributed by atoms with Gasteiger partial charge in [-0.3, -0.25) is 4.79 Å². The van der Waals surface area contributed by atoms with E-state index in [0.717, 1.165) is 4.90 Å². The van der Waals surface area contributed by atoms with Gasteiger partial charge in [-0.2, -0.15) is 0 Å². The van der Waals surface area contributed by atoms with Crippen molar-refractivity contribution >= 4 is 17.5 Å². The molecule has 2 nitrogen and oxygen atoms in total. The number of rotatable bonds is 6. The normalized spacial score (nSPS) is 13.2. The van der Waals surface area contributed by atoms with Crippen molar-refractivity contribution < 1.29 is 9.90 Å². The summed E-state index contributed by atoms with van der Waals surface area (Å²) in [5.74, 6) is -0.0212. The number of hydrogen-bond donors (Lipinski definition) is 1. The summed E-state index contributed by atoms with van der Waals surface area (Å²) >= 11 is 1.47. The molecule has 0 aliphatic rings. The highest BCUT2D eigenvalue weighted by Crippen LogP contribution is 2.32. The van der Waals surface area contributed by atoms with E-state index in [0.29, 0.717) is 11.1 Å². The minimum absolute atomic E-state index is 0.259. The fourth-order valence-electron chi connectivity index (χ4n) is 2.53. The molecule has 0 radical (unpaired) electrons. The Bertz CT molecular complexity index is 788. The molecular formula is C21H18O2S. The largest absolute Gasteiger partial charge is 0.376 e. The Hall–Kier alpha value is -2.36. The van der Waals surface area contributed by atoms with Gasteiger partial charge in [0.15, 0.2) is 11.4 Å². The molecule has 3 rings (SSSR count). The average Bonchev–Trinajstić information content (AvgIpc) is 2.68. The third-order valence-electron chi connectivity index (χ3n) is 3.85. The number of Topliss-reactive ketones (excluding diaryl/α,β-unsaturated/α-hetero) is 1. The molecule has 120 valence electrons. The first-order valence-corrected chi connectivity index (χ1v) is 8.74. The Morgan fingerprint density at radius 3 is 1.88 bits per heavy atom. The summed E-state index contributed by atoms with van der Waals surface area (Å²) in [7, 11) is 0. The Morgan fingerprint density at radius 2 is 1.29 bits per heavy atom. The molecule has 0 heterocycles. The van der Waals surface area contributed by atoms with Crippen LogP contribution in [0.3, 0.4) is 0 Å². The predicted molar refractivity (Wildman–Crippen MR) is 98.3 cm³/mol. The minimum Gasteiger partial charge on any atom is -0.376 e. The lowest BCUT2D eigenvalue weighted by Gasteiger charge is -2.27. The molecule has 0 amide bonds. The van der Waals surface area contributed by atoms with E-state index in [-0.39, 0.29) is 11.5 Å². The lowest BCUT2D eigenvalue weighted by Crippen LogP contribution is -2.38. The second kappa shape index (κ2) is 7.47. The van der Waals surface area contributed by atoms with Crippen LogP contribution in [0.1, 0.15) is 15.9 Å². The maximum Gasteiger partial charge on any atom is 0.199 e. The molecular weight excluding hydrogens is 316 g/mol. The zero-order chi connectivity index (χ0) is 16.8. The number of carbonyl (C=O) groups is 1. The summed E-state index contributed by atoms with van der Waals surface area (Å²) in [5, 5.41) is 11.3. The van der Waals surface area contributed by atoms with E-state index in [4.69, 9.17) is 0 Å². The molecule has 0 spiro atoms. The first-order chi connectivity index (χ1) is 11.7. The van der Waals surface area contributed by atoms with Crippen LogP contribution in [0.15, 0.2) is 95.9 Å². The van der Waals surface area contributed by atoms with Crippen molar-refractivity contribution in [2.24, 2.45) is 0 Å². The van der Waals surface area contributed by atoms with Gasteiger partial charge in [0.2, 0.25) is 0 Å². The van der Waals surface area contributed by atoms with E-state index >= 15 is 0 Å². The Balaban J connectivity index is 1.93. The summed E-state index contributed by atoms with van der Waals surface area (Å²) in [5.41, 5.74) is -0.442. The second-order valence-corrected chi connectivity index (χ2v) is 6.57. The Labute approximate surface area is 146 Å². The average molecular weight is 334 g/mol. The van der Waals surface area contributed by atoms with Crippen LogP contribution in [0, 0.1) is 0 Å². The predicted octanol–water partition coefficient (Wildman–Crippen LogP) is 4.55. The fraction of sp³-hybridized carbons (Fsp3) is 0.0952. The number of benzene rings is 3. The van der Waals surface area contributed by atoms with Crippen molar-refractivity contribution in [3.05, 3.63) is 102 Å². The summed E-state index contributed by atoms with van der Waals surface area (Å²) < 4.78 is 0. The molecule has 1 unspecified atom stereocenters. The zero-order valence-electron chi connectivity index (χ0n) is 13.1. The number of hydrogen-bond acceptors (Lipinski definition) is 3. The van der Waals surface area contributed by atoms with Gasteiger partial charge in [0.1, 0.15) is 0 Å². The van der Waals surface area contributed by atoms with E-state index < -0.39 is 5.60 Å². The van der Waals surface area contributed by atoms with Gasteiger partial charge in [-0.15, -0.1) is 11.8 Å². The van der Waals surface area contributed by atoms with Gasteiger partial charge in [0, 0.05) is 16.2 Å². The topological polar surface area (TPSA) is 37.3 Å². The summed E-state index contributed by atoms with van der Waals surface area (Å²) in [6, 6.07) is 27.9. The monoisotopic (exact) mass is 334 g/mol. The molecule has 24 heavy (non-hydrogen) atoms. The smallest absolute Gasteiger partial charge is 0.199 e. The fourth-order valence-corrected chi connectivity index (χ4v) is 3.55. The third-order valence-corrected chi connectivity index (χ3v) is 5.02. The van der Waals surface area contributed by atoms with E-state index in [2.05, 4.69) is 0 Å². The molecule has 0 fully saturated rings. The van der Waals surface area contributed by atoms with Crippen LogP contribution in [-0.2, 0) is 5.60 Å². The van der Waals surface area contributed by atoms with E-state index in [1.54, 1.807) is 24.3 Å². The molecule has 3 aromatic carbocycles. The Kier molecular flexibility index (Phi) is 5.14. The molecule has 0 aliphatic carbocycles. The van der Waals surface area contributed by atoms with Crippen LogP contribution in [0.25, 0.3) is 0 Å². The van der Waals surface area contributed by atoms with Crippen LogP contribution in [0.4, 0.5) is 0 Å². The van der Waals surface area contributed by atoms with Gasteiger partial charge in [-0.25, -0.2) is 0 Å². The van der Waals surface area contributed by atoms with Gasteiger partial charge >= 0.3 is 0 Å². The molecule has 0 aliphatic heterocycles. The van der Waals surface area contributed by atoms with Crippen LogP contribution in [0.5, 0.6) is 0 Å². The highest BCUT2D eigenvalue weighted by molar-refractivity contribution is 7.99. The van der Waals surface area contributed by atoms with Crippen LogP contribution >= 0.6 is 11.8 Å². The number of carbonyl (C=O) groups excluding carboxylic acids is 1. The maximum atomic E-state index is 13.0. The van der Waals surface area contributed by atoms with Gasteiger partial charge in [-0.1, -0.05) is 78.9 Å². The highest BCUT2D eigenvalue weighted by atomic mass is 32.2. The van der Waals surface area contributed by atoms with Crippen molar-refractivity contribution in [2.75, 3.05) is 5.75 Å². The minimum atomic E-state index is -1.57. The standard InChI is InChI=1S/C21H18O2S/c22-20(17-10-4-1-5-11-17)21(23,18-12-6-2-7-13-18)16-24-19-14-8-3-9-15-19/h1-15,23H,16H2. The van der Waals surface area contributed by atoms with Gasteiger partial charge in [0.25, 0.3) is 0 Å². The SMILES string of the molecule is O=C(c1ccccc1)C(O)(CSc1ccccc1)c1ccccc1. The van der Waals surface area contributed by atoms with Gasteiger partial charge in [0.05, 0.1) is 0 Å². The molecule has 1 N–H and O–H groups in total. The van der Waals surface area contributed by atoms with Gasteiger partial charge in [-0.05, 0) is 17.7 Å². The van der Waals surface area contributed by atoms with Crippen LogP contribution in [-0.4, -0.2) is 16.6 Å². The van der Waals surface area contributed by atoms with Gasteiger partial charge < -0.3 is 5.11 Å². The summed E-state index contributed by atoms with van der Waals surface area (Å²) in [4.78, 5) is 14.0. The lowest BCUT2D eigenvalue weighted by atomic mass is 9.87. The van der Waals surface area contributed by atoms with Crippen molar-refractivity contribution in [2.45, 2.75) is 10.5 Å². The number of ketones is 1. The van der Waals surface area contributed by atoms with Crippen LogP contribution < -0.4 is 0 Å². The molecule has 0 saturated carbocycles. The quantitative estimate of drug-likeness (QED) is 0.531. The lowest BCUT2D eigenvalue weighted by molar-refractivity contribution is 0.0415. The summed E-state index contributed by atoms with van der Waals surface area (Å²) in [6.07, 6.45) is 0. The maximum absolute atomic E-state index is 13.0.